The van der Waals surface area contributed by atoms with Gasteiger partial charge in [-0.25, -0.2) is 4.79 Å². The maximum Gasteiger partial charge on any atom is 0.328 e. The van der Waals surface area contributed by atoms with Crippen LogP contribution in [0.5, 0.6) is 0 Å². The fraction of sp³-hybridized carbons (Fsp3) is 0.474. The molecule has 3 rings (SSSR count). The average molecular weight is 344 g/mol. The van der Waals surface area contributed by atoms with Crippen LogP contribution in [-0.2, 0) is 25.5 Å². The number of ether oxygens (including phenoxy) is 2. The zero-order chi connectivity index (χ0) is 17.9. The molecule has 134 valence electrons. The van der Waals surface area contributed by atoms with Crippen LogP contribution in [0, 0.1) is 5.41 Å². The van der Waals surface area contributed by atoms with Gasteiger partial charge in [-0.1, -0.05) is 12.1 Å². The minimum Gasteiger partial charge on any atom is -0.464 e. The third kappa shape index (κ3) is 3.54. The summed E-state index contributed by atoms with van der Waals surface area (Å²) in [6.07, 6.45) is 3.38. The van der Waals surface area contributed by atoms with Crippen molar-refractivity contribution in [3.63, 3.8) is 0 Å². The van der Waals surface area contributed by atoms with Crippen molar-refractivity contribution < 1.29 is 19.1 Å². The number of nitrogens with two attached hydrogens (primary N) is 1. The summed E-state index contributed by atoms with van der Waals surface area (Å²) in [5.74, 6) is -0.199. The van der Waals surface area contributed by atoms with Gasteiger partial charge in [0.05, 0.1) is 12.0 Å². The number of allylic oxidation sites excluding steroid dienone is 2. The van der Waals surface area contributed by atoms with Crippen LogP contribution in [0.25, 0.3) is 0 Å². The number of carbonyl (C=O) groups excluding carboxylic acids is 2. The van der Waals surface area contributed by atoms with E-state index < -0.39 is 11.5 Å². The average Bonchev–Trinajstić information content (AvgIpc) is 2.63. The van der Waals surface area contributed by atoms with Gasteiger partial charge in [0, 0.05) is 37.1 Å². The Labute approximate surface area is 147 Å². The first-order valence-corrected chi connectivity index (χ1v) is 8.67. The fourth-order valence-corrected chi connectivity index (χ4v) is 3.39. The Kier molecular flexibility index (Phi) is 5.08. The molecule has 1 aliphatic heterocycles. The summed E-state index contributed by atoms with van der Waals surface area (Å²) < 4.78 is 10.6. The van der Waals surface area contributed by atoms with Crippen molar-refractivity contribution in [3.8, 4) is 0 Å². The summed E-state index contributed by atoms with van der Waals surface area (Å²) in [6.45, 7) is 3.22. The third-order valence-electron chi connectivity index (χ3n) is 4.93. The Hall–Kier alpha value is -2.34. The van der Waals surface area contributed by atoms with Crippen LogP contribution in [-0.4, -0.2) is 37.6 Å². The minimum atomic E-state index is -0.539. The number of anilines is 1. The molecule has 1 aliphatic carbocycles. The minimum absolute atomic E-state index is 0.119. The number of esters is 1. The number of rotatable bonds is 6. The fourth-order valence-electron chi connectivity index (χ4n) is 3.39. The van der Waals surface area contributed by atoms with Gasteiger partial charge in [0.15, 0.2) is 5.78 Å². The van der Waals surface area contributed by atoms with Crippen molar-refractivity contribution in [2.45, 2.75) is 32.2 Å². The molecule has 1 heterocycles. The van der Waals surface area contributed by atoms with Gasteiger partial charge in [0.25, 0.3) is 0 Å². The molecule has 0 unspecified atom stereocenters. The molecular formula is C19H24N2O4. The molecule has 1 fully saturated rings. The van der Waals surface area contributed by atoms with E-state index in [1.807, 2.05) is 24.3 Å². The van der Waals surface area contributed by atoms with Crippen molar-refractivity contribution in [2.75, 3.05) is 25.6 Å². The number of nitrogens with one attached hydrogen (secondary N) is 1. The third-order valence-corrected chi connectivity index (χ3v) is 4.93. The van der Waals surface area contributed by atoms with Crippen molar-refractivity contribution in [2.24, 2.45) is 5.41 Å². The SMILES string of the molecule is CCOC(=O)[C@H](Cc1ccc(N)cc1)NC1=CC(=O)C12CCOCC2. The maximum absolute atomic E-state index is 12.4. The molecule has 0 saturated carbocycles. The molecule has 1 aromatic rings. The number of benzene rings is 1. The van der Waals surface area contributed by atoms with Crippen LogP contribution in [0.3, 0.4) is 0 Å². The van der Waals surface area contributed by atoms with Crippen LogP contribution >= 0.6 is 0 Å². The van der Waals surface area contributed by atoms with Crippen LogP contribution in [0.1, 0.15) is 25.3 Å². The van der Waals surface area contributed by atoms with E-state index in [0.717, 1.165) is 11.3 Å². The molecule has 0 radical (unpaired) electrons. The van der Waals surface area contributed by atoms with Crippen LogP contribution in [0.4, 0.5) is 5.69 Å². The standard InChI is InChI=1S/C19H24N2O4/c1-2-25-18(23)15(11-13-3-5-14(20)6-4-13)21-16-12-17(22)19(16)7-9-24-10-8-19/h3-6,12,15,21H,2,7-11,20H2,1H3/t15-/m0/s1. The number of hydrogen-bond donors (Lipinski definition) is 2. The summed E-state index contributed by atoms with van der Waals surface area (Å²) in [5, 5.41) is 3.27. The van der Waals surface area contributed by atoms with E-state index in [4.69, 9.17) is 15.2 Å². The Morgan fingerprint density at radius 2 is 2.00 bits per heavy atom. The topological polar surface area (TPSA) is 90.6 Å². The van der Waals surface area contributed by atoms with Crippen molar-refractivity contribution >= 4 is 17.4 Å². The number of ketones is 1. The second-order valence-electron chi connectivity index (χ2n) is 6.51. The molecule has 1 atom stereocenters. The predicted octanol–water partition coefficient (Wildman–Crippen LogP) is 1.60. The largest absolute Gasteiger partial charge is 0.464 e. The highest BCUT2D eigenvalue weighted by molar-refractivity contribution is 6.05. The number of nitrogen functional groups attached to an aromatic ring is 1. The van der Waals surface area contributed by atoms with Gasteiger partial charge < -0.3 is 20.5 Å². The summed E-state index contributed by atoms with van der Waals surface area (Å²) in [4.78, 5) is 24.6. The molecule has 0 amide bonds. The summed E-state index contributed by atoms with van der Waals surface area (Å²) in [6, 6.07) is 6.87. The lowest BCUT2D eigenvalue weighted by Crippen LogP contribution is -2.53. The summed E-state index contributed by atoms with van der Waals surface area (Å²) in [7, 11) is 0. The Morgan fingerprint density at radius 1 is 1.32 bits per heavy atom. The lowest BCUT2D eigenvalue weighted by molar-refractivity contribution is -0.146. The molecule has 1 spiro atoms. The van der Waals surface area contributed by atoms with E-state index in [-0.39, 0.29) is 11.8 Å². The van der Waals surface area contributed by atoms with E-state index in [9.17, 15) is 9.59 Å². The summed E-state index contributed by atoms with van der Waals surface area (Å²) in [5.41, 5.74) is 7.69. The van der Waals surface area contributed by atoms with Gasteiger partial charge >= 0.3 is 5.97 Å². The highest BCUT2D eigenvalue weighted by Crippen LogP contribution is 2.44. The van der Waals surface area contributed by atoms with E-state index in [1.54, 1.807) is 13.0 Å². The molecule has 3 N–H and O–H groups in total. The van der Waals surface area contributed by atoms with Gasteiger partial charge in [0.1, 0.15) is 6.04 Å². The predicted molar refractivity (Wildman–Crippen MR) is 93.7 cm³/mol. The molecule has 6 nitrogen and oxygen atoms in total. The first kappa shape index (κ1) is 17.5. The van der Waals surface area contributed by atoms with Gasteiger partial charge in [-0.15, -0.1) is 0 Å². The van der Waals surface area contributed by atoms with E-state index >= 15 is 0 Å². The summed E-state index contributed by atoms with van der Waals surface area (Å²) >= 11 is 0. The van der Waals surface area contributed by atoms with E-state index in [2.05, 4.69) is 5.32 Å². The van der Waals surface area contributed by atoms with Crippen LogP contribution < -0.4 is 11.1 Å². The Morgan fingerprint density at radius 3 is 2.60 bits per heavy atom. The molecule has 6 heteroatoms. The van der Waals surface area contributed by atoms with Crippen molar-refractivity contribution in [1.82, 2.24) is 5.32 Å². The first-order valence-electron chi connectivity index (χ1n) is 8.67. The highest BCUT2D eigenvalue weighted by atomic mass is 16.5. The van der Waals surface area contributed by atoms with Crippen LogP contribution in [0.2, 0.25) is 0 Å². The molecule has 25 heavy (non-hydrogen) atoms. The molecule has 0 aromatic heterocycles. The quantitative estimate of drug-likeness (QED) is 0.602. The zero-order valence-corrected chi connectivity index (χ0v) is 14.4. The smallest absolute Gasteiger partial charge is 0.328 e. The van der Waals surface area contributed by atoms with Gasteiger partial charge in [-0.2, -0.15) is 0 Å². The first-order chi connectivity index (χ1) is 12.0. The van der Waals surface area contributed by atoms with Gasteiger partial charge in [-0.05, 0) is 37.5 Å². The van der Waals surface area contributed by atoms with Crippen molar-refractivity contribution in [1.29, 1.82) is 0 Å². The number of hydrogen-bond acceptors (Lipinski definition) is 6. The lowest BCUT2D eigenvalue weighted by atomic mass is 9.66. The highest BCUT2D eigenvalue weighted by Gasteiger charge is 2.49. The lowest BCUT2D eigenvalue weighted by Gasteiger charge is -2.44. The Bertz CT molecular complexity index is 675. The second-order valence-corrected chi connectivity index (χ2v) is 6.51. The van der Waals surface area contributed by atoms with Gasteiger partial charge in [0.2, 0.25) is 0 Å². The maximum atomic E-state index is 12.4. The Balaban J connectivity index is 1.75. The van der Waals surface area contributed by atoms with Crippen molar-refractivity contribution in [3.05, 3.63) is 41.6 Å². The van der Waals surface area contributed by atoms with E-state index in [1.165, 1.54) is 0 Å². The monoisotopic (exact) mass is 344 g/mol. The molecule has 1 aromatic carbocycles. The van der Waals surface area contributed by atoms with Gasteiger partial charge in [-0.3, -0.25) is 4.79 Å². The zero-order valence-electron chi connectivity index (χ0n) is 14.4. The number of carbonyl (C=O) groups is 2. The van der Waals surface area contributed by atoms with Crippen LogP contribution in [0.15, 0.2) is 36.0 Å². The molecular weight excluding hydrogens is 320 g/mol. The molecule has 0 bridgehead atoms. The molecule has 2 aliphatic rings. The van der Waals surface area contributed by atoms with E-state index in [0.29, 0.717) is 44.8 Å². The molecule has 1 saturated heterocycles. The second kappa shape index (κ2) is 7.27. The normalized spacial score (nSPS) is 19.7.